The van der Waals surface area contributed by atoms with Crippen molar-refractivity contribution in [2.75, 3.05) is 19.6 Å². The van der Waals surface area contributed by atoms with Gasteiger partial charge in [-0.1, -0.05) is 0 Å². The van der Waals surface area contributed by atoms with E-state index in [1.165, 1.54) is 18.6 Å². The highest BCUT2D eigenvalue weighted by molar-refractivity contribution is 5.91. The number of carbonyl (C=O) groups excluding carboxylic acids is 3. The van der Waals surface area contributed by atoms with Crippen molar-refractivity contribution in [3.63, 3.8) is 0 Å². The van der Waals surface area contributed by atoms with Crippen LogP contribution >= 0.6 is 0 Å². The average molecular weight is 323 g/mol. The number of ether oxygens (including phenoxy) is 1. The monoisotopic (exact) mass is 323 g/mol. The van der Waals surface area contributed by atoms with E-state index in [2.05, 4.69) is 25.9 Å². The number of alkyl carbamates (subject to hydrolysis) is 1. The van der Waals surface area contributed by atoms with Crippen LogP contribution in [0.3, 0.4) is 0 Å². The van der Waals surface area contributed by atoms with Crippen LogP contribution in [0.25, 0.3) is 0 Å². The molecule has 0 aromatic carbocycles. The lowest BCUT2D eigenvalue weighted by molar-refractivity contribution is -0.120. The molecule has 0 saturated heterocycles. The van der Waals surface area contributed by atoms with Gasteiger partial charge < -0.3 is 20.7 Å². The molecule has 1 heterocycles. The zero-order valence-electron chi connectivity index (χ0n) is 13.4. The Balaban J connectivity index is 2.15. The van der Waals surface area contributed by atoms with Crippen LogP contribution in [0.2, 0.25) is 0 Å². The topological polar surface area (TPSA) is 122 Å². The maximum Gasteiger partial charge on any atom is 0.408 e. The third-order valence-corrected chi connectivity index (χ3v) is 2.32. The van der Waals surface area contributed by atoms with E-state index in [1.807, 2.05) is 0 Å². The molecule has 126 valence electrons. The summed E-state index contributed by atoms with van der Waals surface area (Å²) in [4.78, 5) is 42.1. The molecule has 0 aliphatic carbocycles. The van der Waals surface area contributed by atoms with Crippen LogP contribution in [-0.4, -0.2) is 53.1 Å². The van der Waals surface area contributed by atoms with E-state index in [0.717, 1.165) is 0 Å². The molecule has 0 radical (unpaired) electrons. The van der Waals surface area contributed by atoms with Crippen LogP contribution in [0.5, 0.6) is 0 Å². The number of rotatable bonds is 6. The molecule has 3 N–H and O–H groups in total. The average Bonchev–Trinajstić information content (AvgIpc) is 2.48. The molecule has 9 nitrogen and oxygen atoms in total. The molecule has 23 heavy (non-hydrogen) atoms. The highest BCUT2D eigenvalue weighted by Gasteiger charge is 2.16. The van der Waals surface area contributed by atoms with E-state index < -0.39 is 11.7 Å². The van der Waals surface area contributed by atoms with Crippen molar-refractivity contribution in [3.05, 3.63) is 24.3 Å². The first kappa shape index (κ1) is 18.3. The Bertz CT molecular complexity index is 542. The van der Waals surface area contributed by atoms with Crippen molar-refractivity contribution in [2.24, 2.45) is 0 Å². The van der Waals surface area contributed by atoms with Crippen LogP contribution < -0.4 is 16.0 Å². The van der Waals surface area contributed by atoms with E-state index in [-0.39, 0.29) is 37.1 Å². The summed E-state index contributed by atoms with van der Waals surface area (Å²) in [6.07, 6.45) is 3.57. The summed E-state index contributed by atoms with van der Waals surface area (Å²) < 4.78 is 4.99. The van der Waals surface area contributed by atoms with Gasteiger partial charge in [-0.15, -0.1) is 0 Å². The Morgan fingerprint density at radius 3 is 2.39 bits per heavy atom. The smallest absolute Gasteiger partial charge is 0.408 e. The number of amides is 3. The SMILES string of the molecule is CC(C)(C)OC(=O)NCC(=O)NCCNC(=O)c1cnccn1. The van der Waals surface area contributed by atoms with Gasteiger partial charge in [0.05, 0.1) is 12.7 Å². The number of nitrogens with one attached hydrogen (secondary N) is 3. The molecule has 1 aromatic heterocycles. The van der Waals surface area contributed by atoms with Crippen LogP contribution in [0.1, 0.15) is 31.3 Å². The summed E-state index contributed by atoms with van der Waals surface area (Å²) in [5.41, 5.74) is -0.420. The van der Waals surface area contributed by atoms with Crippen molar-refractivity contribution >= 4 is 17.9 Å². The minimum absolute atomic E-state index is 0.199. The Kier molecular flexibility index (Phi) is 6.91. The number of hydrogen-bond donors (Lipinski definition) is 3. The van der Waals surface area contributed by atoms with Gasteiger partial charge in [0.25, 0.3) is 5.91 Å². The number of carbonyl (C=O) groups is 3. The van der Waals surface area contributed by atoms with Gasteiger partial charge >= 0.3 is 6.09 Å². The van der Waals surface area contributed by atoms with Gasteiger partial charge in [0.15, 0.2) is 0 Å². The number of nitrogens with zero attached hydrogens (tertiary/aromatic N) is 2. The second kappa shape index (κ2) is 8.66. The normalized spacial score (nSPS) is 10.6. The molecule has 3 amide bonds. The summed E-state index contributed by atoms with van der Waals surface area (Å²) in [5.74, 6) is -0.760. The first-order valence-electron chi connectivity index (χ1n) is 7.06. The number of hydrogen-bond acceptors (Lipinski definition) is 6. The summed E-state index contributed by atoms with van der Waals surface area (Å²) in [6, 6.07) is 0. The lowest BCUT2D eigenvalue weighted by Gasteiger charge is -2.19. The molecule has 0 aliphatic heterocycles. The zero-order chi connectivity index (χ0) is 17.3. The fourth-order valence-corrected chi connectivity index (χ4v) is 1.41. The predicted molar refractivity (Wildman–Crippen MR) is 81.6 cm³/mol. The minimum atomic E-state index is -0.663. The van der Waals surface area contributed by atoms with Gasteiger partial charge in [0.1, 0.15) is 11.3 Å². The molecule has 0 unspecified atom stereocenters. The van der Waals surface area contributed by atoms with Crippen molar-refractivity contribution in [1.82, 2.24) is 25.9 Å². The fraction of sp³-hybridized carbons (Fsp3) is 0.500. The van der Waals surface area contributed by atoms with Gasteiger partial charge in [-0.3, -0.25) is 14.6 Å². The maximum atomic E-state index is 11.6. The summed E-state index contributed by atoms with van der Waals surface area (Å²) in [5, 5.41) is 7.47. The van der Waals surface area contributed by atoms with E-state index in [1.54, 1.807) is 20.8 Å². The molecule has 0 bridgehead atoms. The number of aromatic nitrogens is 2. The molecular formula is C14H21N5O4. The van der Waals surface area contributed by atoms with E-state index in [0.29, 0.717) is 0 Å². The van der Waals surface area contributed by atoms with Gasteiger partial charge in [-0.2, -0.15) is 0 Å². The van der Waals surface area contributed by atoms with Crippen molar-refractivity contribution in [2.45, 2.75) is 26.4 Å². The highest BCUT2D eigenvalue weighted by Crippen LogP contribution is 2.05. The van der Waals surface area contributed by atoms with Crippen LogP contribution in [-0.2, 0) is 9.53 Å². The second-order valence-electron chi connectivity index (χ2n) is 5.55. The lowest BCUT2D eigenvalue weighted by Crippen LogP contribution is -2.42. The molecule has 9 heteroatoms. The van der Waals surface area contributed by atoms with E-state index in [4.69, 9.17) is 4.74 Å². The molecule has 0 atom stereocenters. The molecule has 0 saturated carbocycles. The van der Waals surface area contributed by atoms with Crippen LogP contribution in [0, 0.1) is 0 Å². The predicted octanol–water partition coefficient (Wildman–Crippen LogP) is -0.153. The van der Waals surface area contributed by atoms with Crippen LogP contribution in [0.15, 0.2) is 18.6 Å². The van der Waals surface area contributed by atoms with Crippen molar-refractivity contribution < 1.29 is 19.1 Å². The highest BCUT2D eigenvalue weighted by atomic mass is 16.6. The van der Waals surface area contributed by atoms with Gasteiger partial charge in [-0.25, -0.2) is 9.78 Å². The maximum absolute atomic E-state index is 11.6. The quantitative estimate of drug-likeness (QED) is 0.626. The molecular weight excluding hydrogens is 302 g/mol. The van der Waals surface area contributed by atoms with Gasteiger partial charge in [0, 0.05) is 25.5 Å². The Labute approximate surface area is 134 Å². The van der Waals surface area contributed by atoms with Crippen molar-refractivity contribution in [3.8, 4) is 0 Å². The van der Waals surface area contributed by atoms with E-state index >= 15 is 0 Å². The Morgan fingerprint density at radius 1 is 1.09 bits per heavy atom. The molecule has 0 aliphatic rings. The molecule has 0 spiro atoms. The fourth-order valence-electron chi connectivity index (χ4n) is 1.41. The largest absolute Gasteiger partial charge is 0.444 e. The summed E-state index contributed by atoms with van der Waals surface area (Å²) >= 11 is 0. The van der Waals surface area contributed by atoms with Gasteiger partial charge in [-0.05, 0) is 20.8 Å². The zero-order valence-corrected chi connectivity index (χ0v) is 13.4. The molecule has 1 rings (SSSR count). The van der Waals surface area contributed by atoms with Crippen molar-refractivity contribution in [1.29, 1.82) is 0 Å². The summed E-state index contributed by atoms with van der Waals surface area (Å²) in [7, 11) is 0. The Hall–Kier alpha value is -2.71. The van der Waals surface area contributed by atoms with Gasteiger partial charge in [0.2, 0.25) is 5.91 Å². The first-order chi connectivity index (χ1) is 10.8. The third kappa shape index (κ3) is 8.34. The minimum Gasteiger partial charge on any atom is -0.444 e. The van der Waals surface area contributed by atoms with E-state index in [9.17, 15) is 14.4 Å². The van der Waals surface area contributed by atoms with Crippen LogP contribution in [0.4, 0.5) is 4.79 Å². The lowest BCUT2D eigenvalue weighted by atomic mass is 10.2. The first-order valence-corrected chi connectivity index (χ1v) is 7.06. The molecule has 0 fully saturated rings. The Morgan fingerprint density at radius 2 is 1.78 bits per heavy atom. The second-order valence-corrected chi connectivity index (χ2v) is 5.55. The summed E-state index contributed by atoms with van der Waals surface area (Å²) in [6.45, 7) is 5.44. The third-order valence-electron chi connectivity index (χ3n) is 2.32. The molecule has 1 aromatic rings. The standard InChI is InChI=1S/C14H21N5O4/c1-14(2,3)23-13(22)19-9-11(20)17-6-7-18-12(21)10-8-15-4-5-16-10/h4-5,8H,6-7,9H2,1-3H3,(H,17,20)(H,18,21)(H,19,22).